The number of halogens is 3. The number of hydrogen-bond acceptors (Lipinski definition) is 4. The number of benzene rings is 1. The Morgan fingerprint density at radius 2 is 1.86 bits per heavy atom. The van der Waals surface area contributed by atoms with Gasteiger partial charge in [-0.25, -0.2) is 4.98 Å². The van der Waals surface area contributed by atoms with Crippen molar-refractivity contribution in [1.29, 1.82) is 0 Å². The summed E-state index contributed by atoms with van der Waals surface area (Å²) < 4.78 is 49.8. The van der Waals surface area contributed by atoms with Crippen LogP contribution in [0.5, 0.6) is 0 Å². The van der Waals surface area contributed by atoms with Crippen molar-refractivity contribution >= 4 is 0 Å². The molecule has 0 N–H and O–H groups in total. The molecular weight excluding hydrogens is 369 g/mol. The summed E-state index contributed by atoms with van der Waals surface area (Å²) in [7, 11) is 0. The van der Waals surface area contributed by atoms with E-state index >= 15 is 0 Å². The summed E-state index contributed by atoms with van der Waals surface area (Å²) in [6.07, 6.45) is 0.689. The molecule has 0 bridgehead atoms. The van der Waals surface area contributed by atoms with E-state index in [4.69, 9.17) is 9.15 Å². The van der Waals surface area contributed by atoms with E-state index in [1.54, 1.807) is 0 Å². The van der Waals surface area contributed by atoms with Gasteiger partial charge < -0.3 is 9.15 Å². The Morgan fingerprint density at radius 3 is 2.46 bits per heavy atom. The van der Waals surface area contributed by atoms with Gasteiger partial charge in [0.05, 0.1) is 17.4 Å². The summed E-state index contributed by atoms with van der Waals surface area (Å²) in [5.41, 5.74) is 0.718. The van der Waals surface area contributed by atoms with Crippen LogP contribution < -0.4 is 0 Å². The van der Waals surface area contributed by atoms with Crippen LogP contribution in [0.25, 0.3) is 11.5 Å². The van der Waals surface area contributed by atoms with Gasteiger partial charge in [-0.05, 0) is 62.8 Å². The van der Waals surface area contributed by atoms with Crippen LogP contribution in [0.2, 0.25) is 0 Å². The average Bonchev–Trinajstić information content (AvgIpc) is 3.17. The van der Waals surface area contributed by atoms with Crippen LogP contribution in [0.1, 0.15) is 42.7 Å². The minimum atomic E-state index is -4.35. The Hall–Kier alpha value is -1.86. The second-order valence-electron chi connectivity index (χ2n) is 7.87. The first-order chi connectivity index (χ1) is 13.4. The number of ether oxygens (including phenoxy) is 1. The van der Waals surface area contributed by atoms with E-state index in [-0.39, 0.29) is 6.10 Å². The lowest BCUT2D eigenvalue weighted by atomic mass is 10.1. The predicted molar refractivity (Wildman–Crippen MR) is 98.7 cm³/mol. The highest BCUT2D eigenvalue weighted by Crippen LogP contribution is 2.33. The quantitative estimate of drug-likeness (QED) is 0.658. The van der Waals surface area contributed by atoms with E-state index < -0.39 is 11.7 Å². The molecule has 4 rings (SSSR count). The van der Waals surface area contributed by atoms with Gasteiger partial charge in [-0.15, -0.1) is 0 Å². The number of alkyl halides is 3. The lowest BCUT2D eigenvalue weighted by molar-refractivity contribution is -0.137. The maximum absolute atomic E-state index is 12.8. The van der Waals surface area contributed by atoms with Crippen molar-refractivity contribution < 1.29 is 22.3 Å². The van der Waals surface area contributed by atoms with Crippen molar-refractivity contribution in [3.05, 3.63) is 41.3 Å². The molecule has 1 aromatic carbocycles. The molecule has 1 saturated carbocycles. The Kier molecular flexibility index (Phi) is 5.47. The van der Waals surface area contributed by atoms with E-state index in [2.05, 4.69) is 9.88 Å². The van der Waals surface area contributed by atoms with E-state index in [1.165, 1.54) is 25.0 Å². The molecule has 0 radical (unpaired) electrons. The maximum Gasteiger partial charge on any atom is 0.416 e. The standard InChI is InChI=1S/C21H25F3N2O2/c1-14-19(13-26(11-15-4-5-15)12-18-3-2-10-27-18)25-20(28-14)16-6-8-17(9-7-16)21(22,23)24/h6-9,15,18H,2-5,10-13H2,1H3/t18-/m1/s1. The van der Waals surface area contributed by atoms with Crippen molar-refractivity contribution in [2.24, 2.45) is 5.92 Å². The average molecular weight is 394 g/mol. The molecule has 0 spiro atoms. The summed E-state index contributed by atoms with van der Waals surface area (Å²) in [5.74, 6) is 1.83. The molecule has 1 aliphatic carbocycles. The molecule has 1 aromatic heterocycles. The number of oxazole rings is 1. The second-order valence-corrected chi connectivity index (χ2v) is 7.87. The van der Waals surface area contributed by atoms with E-state index in [0.717, 1.165) is 56.3 Å². The fraction of sp³-hybridized carbons (Fsp3) is 0.571. The van der Waals surface area contributed by atoms with Crippen LogP contribution in [-0.4, -0.2) is 35.7 Å². The van der Waals surface area contributed by atoms with Gasteiger partial charge in [0.25, 0.3) is 0 Å². The van der Waals surface area contributed by atoms with Crippen LogP contribution in [-0.2, 0) is 17.5 Å². The molecule has 2 aromatic rings. The highest BCUT2D eigenvalue weighted by atomic mass is 19.4. The fourth-order valence-electron chi connectivity index (χ4n) is 3.66. The van der Waals surface area contributed by atoms with E-state index in [9.17, 15) is 13.2 Å². The highest BCUT2D eigenvalue weighted by Gasteiger charge is 2.30. The first-order valence-corrected chi connectivity index (χ1v) is 9.86. The lowest BCUT2D eigenvalue weighted by Gasteiger charge is -2.24. The van der Waals surface area contributed by atoms with Gasteiger partial charge in [-0.1, -0.05) is 0 Å². The fourth-order valence-corrected chi connectivity index (χ4v) is 3.66. The molecule has 7 heteroatoms. The zero-order chi connectivity index (χ0) is 19.7. The van der Waals surface area contributed by atoms with Gasteiger partial charge in [0.2, 0.25) is 5.89 Å². The van der Waals surface area contributed by atoms with Gasteiger partial charge in [0, 0.05) is 31.8 Å². The summed E-state index contributed by atoms with van der Waals surface area (Å²) in [4.78, 5) is 6.97. The van der Waals surface area contributed by atoms with Crippen molar-refractivity contribution in [3.8, 4) is 11.5 Å². The summed E-state index contributed by atoms with van der Waals surface area (Å²) >= 11 is 0. The summed E-state index contributed by atoms with van der Waals surface area (Å²) in [5, 5.41) is 0. The van der Waals surface area contributed by atoms with Gasteiger partial charge in [0.1, 0.15) is 5.76 Å². The SMILES string of the molecule is Cc1oc(-c2ccc(C(F)(F)F)cc2)nc1CN(CC1CC1)C[C@H]1CCCO1. The normalized spacial score (nSPS) is 20.2. The molecule has 0 amide bonds. The summed E-state index contributed by atoms with van der Waals surface area (Å²) in [6.45, 7) is 5.28. The first kappa shape index (κ1) is 19.5. The van der Waals surface area contributed by atoms with Crippen LogP contribution >= 0.6 is 0 Å². The van der Waals surface area contributed by atoms with E-state index in [0.29, 0.717) is 23.8 Å². The molecule has 4 nitrogen and oxygen atoms in total. The van der Waals surface area contributed by atoms with Crippen LogP contribution in [0.15, 0.2) is 28.7 Å². The highest BCUT2D eigenvalue weighted by molar-refractivity contribution is 5.54. The minimum Gasteiger partial charge on any atom is -0.441 e. The molecule has 2 aliphatic rings. The van der Waals surface area contributed by atoms with Gasteiger partial charge in [-0.3, -0.25) is 4.90 Å². The second kappa shape index (κ2) is 7.87. The number of rotatable bonds is 7. The third-order valence-electron chi connectivity index (χ3n) is 5.42. The van der Waals surface area contributed by atoms with Gasteiger partial charge >= 0.3 is 6.18 Å². The third kappa shape index (κ3) is 4.75. The van der Waals surface area contributed by atoms with Gasteiger partial charge in [0.15, 0.2) is 0 Å². The zero-order valence-corrected chi connectivity index (χ0v) is 16.0. The number of nitrogens with zero attached hydrogens (tertiary/aromatic N) is 2. The van der Waals surface area contributed by atoms with Crippen LogP contribution in [0.4, 0.5) is 13.2 Å². The first-order valence-electron chi connectivity index (χ1n) is 9.86. The third-order valence-corrected chi connectivity index (χ3v) is 5.42. The molecular formula is C21H25F3N2O2. The maximum atomic E-state index is 12.8. The largest absolute Gasteiger partial charge is 0.441 e. The number of aryl methyl sites for hydroxylation is 1. The smallest absolute Gasteiger partial charge is 0.416 e. The molecule has 2 heterocycles. The molecule has 1 aliphatic heterocycles. The zero-order valence-electron chi connectivity index (χ0n) is 16.0. The molecule has 2 fully saturated rings. The lowest BCUT2D eigenvalue weighted by Crippen LogP contribution is -2.33. The number of aromatic nitrogens is 1. The van der Waals surface area contributed by atoms with Crippen LogP contribution in [0.3, 0.4) is 0 Å². The Morgan fingerprint density at radius 1 is 1.11 bits per heavy atom. The Bertz CT molecular complexity index is 791. The molecule has 0 unspecified atom stereocenters. The molecule has 1 saturated heterocycles. The van der Waals surface area contributed by atoms with Gasteiger partial charge in [-0.2, -0.15) is 13.2 Å². The van der Waals surface area contributed by atoms with Crippen molar-refractivity contribution in [3.63, 3.8) is 0 Å². The monoisotopic (exact) mass is 394 g/mol. The molecule has 28 heavy (non-hydrogen) atoms. The topological polar surface area (TPSA) is 38.5 Å². The van der Waals surface area contributed by atoms with Crippen LogP contribution in [0, 0.1) is 12.8 Å². The number of hydrogen-bond donors (Lipinski definition) is 0. The van der Waals surface area contributed by atoms with Crippen molar-refractivity contribution in [2.75, 3.05) is 19.7 Å². The molecule has 152 valence electrons. The molecule has 1 atom stereocenters. The minimum absolute atomic E-state index is 0.278. The van der Waals surface area contributed by atoms with Crippen molar-refractivity contribution in [2.45, 2.75) is 51.4 Å². The Balaban J connectivity index is 1.47. The predicted octanol–water partition coefficient (Wildman–Crippen LogP) is 5.06. The summed E-state index contributed by atoms with van der Waals surface area (Å²) in [6, 6.07) is 4.94. The van der Waals surface area contributed by atoms with E-state index in [1.807, 2.05) is 6.92 Å². The Labute approximate surface area is 162 Å². The van der Waals surface area contributed by atoms with Crippen molar-refractivity contribution in [1.82, 2.24) is 9.88 Å².